The van der Waals surface area contributed by atoms with Crippen molar-refractivity contribution >= 4 is 44.5 Å². The van der Waals surface area contributed by atoms with Crippen molar-refractivity contribution in [3.63, 3.8) is 0 Å². The Hall–Kier alpha value is -1.05. The molecule has 2 aliphatic heterocycles. The molecule has 8 heteroatoms. The van der Waals surface area contributed by atoms with Gasteiger partial charge in [-0.1, -0.05) is 11.6 Å². The largest absolute Gasteiger partial charge is 0.495 e. The number of nitrogens with zero attached hydrogens (tertiary/aromatic N) is 1. The molecule has 2 aliphatic rings. The van der Waals surface area contributed by atoms with E-state index in [0.29, 0.717) is 21.6 Å². The SMILES string of the molecule is COc1ccc(Cl)cc1N1C(=S)N[C@H]2CS(=O)(=O)C[C@@H]21. The minimum absolute atomic E-state index is 0.0838. The number of anilines is 1. The summed E-state index contributed by atoms with van der Waals surface area (Å²) in [5.41, 5.74) is 0.696. The summed E-state index contributed by atoms with van der Waals surface area (Å²) in [6.07, 6.45) is 0. The fourth-order valence-corrected chi connectivity index (χ4v) is 5.18. The lowest BCUT2D eigenvalue weighted by molar-refractivity contribution is 0.415. The molecule has 0 radical (unpaired) electrons. The van der Waals surface area contributed by atoms with E-state index >= 15 is 0 Å². The Morgan fingerprint density at radius 3 is 2.90 bits per heavy atom. The fraction of sp³-hybridized carbons (Fsp3) is 0.417. The van der Waals surface area contributed by atoms with Crippen LogP contribution in [-0.4, -0.2) is 44.2 Å². The topological polar surface area (TPSA) is 58.6 Å². The van der Waals surface area contributed by atoms with Crippen molar-refractivity contribution in [1.29, 1.82) is 0 Å². The Morgan fingerprint density at radius 2 is 2.20 bits per heavy atom. The first-order chi connectivity index (χ1) is 9.41. The van der Waals surface area contributed by atoms with E-state index in [1.165, 1.54) is 0 Å². The van der Waals surface area contributed by atoms with Crippen molar-refractivity contribution in [1.82, 2.24) is 5.32 Å². The summed E-state index contributed by atoms with van der Waals surface area (Å²) in [5.74, 6) is 0.806. The molecule has 2 atom stereocenters. The summed E-state index contributed by atoms with van der Waals surface area (Å²) >= 11 is 11.4. The van der Waals surface area contributed by atoms with Crippen LogP contribution in [0.5, 0.6) is 5.75 Å². The van der Waals surface area contributed by atoms with Gasteiger partial charge in [-0.15, -0.1) is 0 Å². The summed E-state index contributed by atoms with van der Waals surface area (Å²) in [7, 11) is -1.48. The highest BCUT2D eigenvalue weighted by molar-refractivity contribution is 7.91. The van der Waals surface area contributed by atoms with Crippen molar-refractivity contribution in [3.8, 4) is 5.75 Å². The van der Waals surface area contributed by atoms with Gasteiger partial charge in [0.05, 0.1) is 36.4 Å². The lowest BCUT2D eigenvalue weighted by Gasteiger charge is -2.25. The third-order valence-electron chi connectivity index (χ3n) is 3.58. The van der Waals surface area contributed by atoms with E-state index in [4.69, 9.17) is 28.6 Å². The van der Waals surface area contributed by atoms with Crippen LogP contribution in [0.15, 0.2) is 18.2 Å². The van der Waals surface area contributed by atoms with Gasteiger partial charge in [0.1, 0.15) is 5.75 Å². The molecule has 0 bridgehead atoms. The third kappa shape index (κ3) is 2.23. The number of methoxy groups -OCH3 is 1. The summed E-state index contributed by atoms with van der Waals surface area (Å²) in [6.45, 7) is 0. The van der Waals surface area contributed by atoms with E-state index in [2.05, 4.69) is 5.32 Å². The molecule has 1 N–H and O–H groups in total. The zero-order valence-electron chi connectivity index (χ0n) is 10.7. The Balaban J connectivity index is 2.05. The summed E-state index contributed by atoms with van der Waals surface area (Å²) in [6, 6.07) is 4.83. The maximum absolute atomic E-state index is 11.8. The van der Waals surface area contributed by atoms with E-state index in [-0.39, 0.29) is 23.6 Å². The molecule has 1 aromatic carbocycles. The lowest BCUT2D eigenvalue weighted by atomic mass is 10.1. The van der Waals surface area contributed by atoms with E-state index < -0.39 is 9.84 Å². The first-order valence-electron chi connectivity index (χ1n) is 6.05. The monoisotopic (exact) mass is 332 g/mol. The van der Waals surface area contributed by atoms with Gasteiger partial charge in [0.15, 0.2) is 14.9 Å². The molecule has 108 valence electrons. The van der Waals surface area contributed by atoms with Gasteiger partial charge in [-0.2, -0.15) is 0 Å². The molecule has 0 aliphatic carbocycles. The molecular formula is C12H13ClN2O3S2. The van der Waals surface area contributed by atoms with Crippen molar-refractivity contribution in [2.75, 3.05) is 23.5 Å². The van der Waals surface area contributed by atoms with E-state index in [1.54, 1.807) is 30.2 Å². The molecule has 2 saturated heterocycles. The van der Waals surface area contributed by atoms with E-state index in [1.807, 2.05) is 0 Å². The molecule has 0 saturated carbocycles. The van der Waals surface area contributed by atoms with Crippen molar-refractivity contribution in [2.45, 2.75) is 12.1 Å². The summed E-state index contributed by atoms with van der Waals surface area (Å²) in [5, 5.41) is 4.13. The van der Waals surface area contributed by atoms with Crippen LogP contribution in [0.25, 0.3) is 0 Å². The molecule has 0 spiro atoms. The van der Waals surface area contributed by atoms with Crippen LogP contribution in [0.2, 0.25) is 5.02 Å². The number of thiocarbonyl (C=S) groups is 1. The first-order valence-corrected chi connectivity index (χ1v) is 8.66. The normalized spacial score (nSPS) is 27.3. The minimum atomic E-state index is -3.04. The smallest absolute Gasteiger partial charge is 0.174 e. The van der Waals surface area contributed by atoms with Crippen LogP contribution in [-0.2, 0) is 9.84 Å². The average molecular weight is 333 g/mol. The first kappa shape index (κ1) is 13.9. The number of hydrogen-bond acceptors (Lipinski definition) is 4. The lowest BCUT2D eigenvalue weighted by Crippen LogP contribution is -2.37. The standard InChI is InChI=1S/C12H13ClN2O3S2/c1-18-11-3-2-7(13)4-9(11)15-10-6-20(16,17)5-8(10)14-12(15)19/h2-4,8,10H,5-6H2,1H3,(H,14,19)/t8-,10-/m0/s1. The van der Waals surface area contributed by atoms with Gasteiger partial charge < -0.3 is 15.0 Å². The molecule has 0 unspecified atom stereocenters. The van der Waals surface area contributed by atoms with E-state index in [0.717, 1.165) is 0 Å². The molecule has 2 fully saturated rings. The Kier molecular flexibility index (Phi) is 3.30. The van der Waals surface area contributed by atoms with Crippen LogP contribution >= 0.6 is 23.8 Å². The van der Waals surface area contributed by atoms with Crippen molar-refractivity contribution in [2.24, 2.45) is 0 Å². The molecule has 20 heavy (non-hydrogen) atoms. The predicted molar refractivity (Wildman–Crippen MR) is 82.4 cm³/mol. The highest BCUT2D eigenvalue weighted by Gasteiger charge is 2.48. The van der Waals surface area contributed by atoms with Gasteiger partial charge in [-0.3, -0.25) is 0 Å². The van der Waals surface area contributed by atoms with Gasteiger partial charge in [0.25, 0.3) is 0 Å². The van der Waals surface area contributed by atoms with Gasteiger partial charge in [0, 0.05) is 5.02 Å². The third-order valence-corrected chi connectivity index (χ3v) is 5.85. The Bertz CT molecular complexity index is 677. The second kappa shape index (κ2) is 4.75. The average Bonchev–Trinajstić information content (AvgIpc) is 2.79. The summed E-state index contributed by atoms with van der Waals surface area (Å²) in [4.78, 5) is 1.80. The molecular weight excluding hydrogens is 320 g/mol. The van der Waals surface area contributed by atoms with Crippen molar-refractivity contribution < 1.29 is 13.2 Å². The van der Waals surface area contributed by atoms with Crippen molar-refractivity contribution in [3.05, 3.63) is 23.2 Å². The fourth-order valence-electron chi connectivity index (χ4n) is 2.74. The number of halogens is 1. The number of ether oxygens (including phenoxy) is 1. The van der Waals surface area contributed by atoms with Crippen LogP contribution in [0, 0.1) is 0 Å². The zero-order chi connectivity index (χ0) is 14.5. The summed E-state index contributed by atoms with van der Waals surface area (Å²) < 4.78 is 28.9. The Morgan fingerprint density at radius 1 is 1.45 bits per heavy atom. The van der Waals surface area contributed by atoms with Gasteiger partial charge >= 0.3 is 0 Å². The van der Waals surface area contributed by atoms with Crippen LogP contribution in [0.4, 0.5) is 5.69 Å². The predicted octanol–water partition coefficient (Wildman–Crippen LogP) is 1.21. The van der Waals surface area contributed by atoms with Crippen LogP contribution < -0.4 is 15.0 Å². The quantitative estimate of drug-likeness (QED) is 0.822. The molecule has 2 heterocycles. The number of fused-ring (bicyclic) bond motifs is 1. The van der Waals surface area contributed by atoms with Crippen LogP contribution in [0.1, 0.15) is 0 Å². The minimum Gasteiger partial charge on any atom is -0.495 e. The second-order valence-corrected chi connectivity index (χ2v) is 7.86. The molecule has 5 nitrogen and oxygen atoms in total. The molecule has 1 aromatic rings. The number of rotatable bonds is 2. The second-order valence-electron chi connectivity index (χ2n) is 4.89. The highest BCUT2D eigenvalue weighted by Crippen LogP contribution is 2.37. The molecule has 0 aromatic heterocycles. The number of benzene rings is 1. The highest BCUT2D eigenvalue weighted by atomic mass is 35.5. The van der Waals surface area contributed by atoms with Gasteiger partial charge in [-0.25, -0.2) is 8.42 Å². The maximum atomic E-state index is 11.8. The van der Waals surface area contributed by atoms with Crippen LogP contribution in [0.3, 0.4) is 0 Å². The maximum Gasteiger partial charge on any atom is 0.174 e. The van der Waals surface area contributed by atoms with Gasteiger partial charge in [-0.05, 0) is 30.4 Å². The molecule has 3 rings (SSSR count). The van der Waals surface area contributed by atoms with E-state index in [9.17, 15) is 8.42 Å². The number of nitrogens with one attached hydrogen (secondary N) is 1. The van der Waals surface area contributed by atoms with Gasteiger partial charge in [0.2, 0.25) is 0 Å². The molecule has 0 amide bonds. The number of hydrogen-bond donors (Lipinski definition) is 1. The number of sulfone groups is 1. The Labute approximate surface area is 127 Å². The zero-order valence-corrected chi connectivity index (χ0v) is 13.1.